The third-order valence-corrected chi connectivity index (χ3v) is 4.38. The van der Waals surface area contributed by atoms with Gasteiger partial charge in [0.2, 0.25) is 0 Å². The molecule has 31 heavy (non-hydrogen) atoms. The van der Waals surface area contributed by atoms with Crippen LogP contribution in [0.3, 0.4) is 0 Å². The van der Waals surface area contributed by atoms with E-state index < -0.39 is 6.04 Å². The summed E-state index contributed by atoms with van der Waals surface area (Å²) in [6.45, 7) is 9.18. The van der Waals surface area contributed by atoms with Gasteiger partial charge < -0.3 is 24.3 Å². The number of benzene rings is 2. The Labute approximate surface area is 183 Å². The highest BCUT2D eigenvalue weighted by atomic mass is 16.5. The molecule has 7 heteroatoms. The topological polar surface area (TPSA) is 83.1 Å². The lowest BCUT2D eigenvalue weighted by molar-refractivity contribution is -0.143. The van der Waals surface area contributed by atoms with Gasteiger partial charge in [-0.2, -0.15) is 0 Å². The van der Waals surface area contributed by atoms with Crippen molar-refractivity contribution in [2.24, 2.45) is 0 Å². The lowest BCUT2D eigenvalue weighted by Crippen LogP contribution is -2.30. The van der Waals surface area contributed by atoms with E-state index >= 15 is 0 Å². The van der Waals surface area contributed by atoms with Crippen molar-refractivity contribution in [3.05, 3.63) is 53.6 Å². The molecule has 1 amide bonds. The van der Waals surface area contributed by atoms with Crippen LogP contribution in [0.25, 0.3) is 0 Å². The van der Waals surface area contributed by atoms with E-state index in [9.17, 15) is 9.59 Å². The minimum absolute atomic E-state index is 0.0168. The minimum atomic E-state index is -0.552. The van der Waals surface area contributed by atoms with E-state index in [-0.39, 0.29) is 24.9 Å². The predicted octanol–water partition coefficient (Wildman–Crippen LogP) is 4.31. The molecule has 0 spiro atoms. The number of carbonyl (C=O) groups excluding carboxylic acids is 2. The third kappa shape index (κ3) is 7.20. The third-order valence-electron chi connectivity index (χ3n) is 4.38. The van der Waals surface area contributed by atoms with Gasteiger partial charge in [-0.1, -0.05) is 12.1 Å². The number of nitrogens with one attached hydrogen (secondary N) is 1. The average Bonchev–Trinajstić information content (AvgIpc) is 2.76. The Balaban J connectivity index is 2.25. The van der Waals surface area contributed by atoms with E-state index in [1.807, 2.05) is 45.0 Å². The van der Waals surface area contributed by atoms with E-state index in [4.69, 9.17) is 18.9 Å². The SMILES string of the molecule is CCOC(=O)C[C@H](NC(=O)c1ccc(OCC)c(OCC)c1)c1ccc(OCC)cc1. The fourth-order valence-electron chi connectivity index (χ4n) is 3.04. The number of rotatable bonds is 12. The molecule has 0 unspecified atom stereocenters. The molecule has 7 nitrogen and oxygen atoms in total. The summed E-state index contributed by atoms with van der Waals surface area (Å²) in [5.41, 5.74) is 1.19. The normalized spacial score (nSPS) is 11.4. The number of carbonyl (C=O) groups is 2. The fraction of sp³-hybridized carbons (Fsp3) is 0.417. The number of esters is 1. The average molecular weight is 430 g/mol. The molecule has 0 saturated heterocycles. The highest BCUT2D eigenvalue weighted by molar-refractivity contribution is 5.95. The zero-order valence-electron chi connectivity index (χ0n) is 18.6. The quantitative estimate of drug-likeness (QED) is 0.506. The van der Waals surface area contributed by atoms with Gasteiger partial charge in [-0.15, -0.1) is 0 Å². The Morgan fingerprint density at radius 1 is 0.806 bits per heavy atom. The summed E-state index contributed by atoms with van der Waals surface area (Å²) in [7, 11) is 0. The van der Waals surface area contributed by atoms with E-state index in [2.05, 4.69) is 5.32 Å². The second-order valence-corrected chi connectivity index (χ2v) is 6.56. The maximum absolute atomic E-state index is 13.0. The Morgan fingerprint density at radius 3 is 2.06 bits per heavy atom. The van der Waals surface area contributed by atoms with Crippen molar-refractivity contribution < 1.29 is 28.5 Å². The van der Waals surface area contributed by atoms with Crippen LogP contribution < -0.4 is 19.5 Å². The van der Waals surface area contributed by atoms with Crippen LogP contribution in [0.4, 0.5) is 0 Å². The van der Waals surface area contributed by atoms with Gasteiger partial charge in [-0.05, 0) is 63.6 Å². The zero-order valence-corrected chi connectivity index (χ0v) is 18.6. The number of ether oxygens (including phenoxy) is 4. The van der Waals surface area contributed by atoms with Crippen molar-refractivity contribution in [3.63, 3.8) is 0 Å². The number of hydrogen-bond acceptors (Lipinski definition) is 6. The van der Waals surface area contributed by atoms with Crippen molar-refractivity contribution >= 4 is 11.9 Å². The van der Waals surface area contributed by atoms with Crippen molar-refractivity contribution in [3.8, 4) is 17.2 Å². The predicted molar refractivity (Wildman–Crippen MR) is 118 cm³/mol. The molecule has 1 atom stereocenters. The lowest BCUT2D eigenvalue weighted by Gasteiger charge is -2.20. The van der Waals surface area contributed by atoms with Crippen LogP contribution in [0.2, 0.25) is 0 Å². The molecule has 0 bridgehead atoms. The van der Waals surface area contributed by atoms with E-state index in [1.165, 1.54) is 0 Å². The largest absolute Gasteiger partial charge is 0.494 e. The molecule has 0 aromatic heterocycles. The molecule has 0 fully saturated rings. The van der Waals surface area contributed by atoms with Gasteiger partial charge in [-0.3, -0.25) is 9.59 Å². The van der Waals surface area contributed by atoms with Crippen LogP contribution >= 0.6 is 0 Å². The molecule has 168 valence electrons. The first-order valence-corrected chi connectivity index (χ1v) is 10.6. The van der Waals surface area contributed by atoms with Gasteiger partial charge >= 0.3 is 5.97 Å². The summed E-state index contributed by atoms with van der Waals surface area (Å²) < 4.78 is 21.7. The standard InChI is InChI=1S/C24H31NO6/c1-5-28-19-12-9-17(10-13-19)20(16-23(26)31-8-4)25-24(27)18-11-14-21(29-6-2)22(15-18)30-7-3/h9-15,20H,5-8,16H2,1-4H3,(H,25,27)/t20-/m0/s1. The number of hydrogen-bond donors (Lipinski definition) is 1. The van der Waals surface area contributed by atoms with Gasteiger partial charge in [0.05, 0.1) is 38.9 Å². The molecular formula is C24H31NO6. The first kappa shape index (κ1) is 24.1. The lowest BCUT2D eigenvalue weighted by atomic mass is 10.0. The van der Waals surface area contributed by atoms with Gasteiger partial charge in [0.25, 0.3) is 5.91 Å². The molecule has 0 heterocycles. The summed E-state index contributed by atoms with van der Waals surface area (Å²) in [5, 5.41) is 2.93. The molecule has 0 aliphatic rings. The molecule has 2 aromatic carbocycles. The van der Waals surface area contributed by atoms with Gasteiger partial charge in [0, 0.05) is 5.56 Å². The molecule has 1 N–H and O–H groups in total. The summed E-state index contributed by atoms with van der Waals surface area (Å²) in [6, 6.07) is 11.8. The summed E-state index contributed by atoms with van der Waals surface area (Å²) >= 11 is 0. The van der Waals surface area contributed by atoms with E-state index in [0.29, 0.717) is 36.9 Å². The highest BCUT2D eigenvalue weighted by Crippen LogP contribution is 2.29. The first-order valence-electron chi connectivity index (χ1n) is 10.6. The zero-order chi connectivity index (χ0) is 22.6. The Hall–Kier alpha value is -3.22. The second-order valence-electron chi connectivity index (χ2n) is 6.56. The van der Waals surface area contributed by atoms with Crippen molar-refractivity contribution in [1.82, 2.24) is 5.32 Å². The molecule has 0 aliphatic heterocycles. The molecule has 2 rings (SSSR count). The summed E-state index contributed by atoms with van der Waals surface area (Å²) in [6.07, 6.45) is 0.0168. The maximum Gasteiger partial charge on any atom is 0.308 e. The Morgan fingerprint density at radius 2 is 1.45 bits per heavy atom. The van der Waals surface area contributed by atoms with Crippen molar-refractivity contribution in [2.45, 2.75) is 40.2 Å². The molecule has 0 saturated carbocycles. The Kier molecular flexibility index (Phi) is 9.68. The molecular weight excluding hydrogens is 398 g/mol. The van der Waals surface area contributed by atoms with Crippen molar-refractivity contribution in [1.29, 1.82) is 0 Å². The first-order chi connectivity index (χ1) is 15.0. The smallest absolute Gasteiger partial charge is 0.308 e. The summed E-state index contributed by atoms with van der Waals surface area (Å²) in [4.78, 5) is 25.1. The molecule has 2 aromatic rings. The van der Waals surface area contributed by atoms with Gasteiger partial charge in [-0.25, -0.2) is 0 Å². The van der Waals surface area contributed by atoms with Crippen molar-refractivity contribution in [2.75, 3.05) is 26.4 Å². The van der Waals surface area contributed by atoms with E-state index in [0.717, 1.165) is 11.3 Å². The van der Waals surface area contributed by atoms with Crippen LogP contribution in [0, 0.1) is 0 Å². The van der Waals surface area contributed by atoms with Crippen LogP contribution in [0.15, 0.2) is 42.5 Å². The van der Waals surface area contributed by atoms with Gasteiger partial charge in [0.15, 0.2) is 11.5 Å². The Bertz CT molecular complexity index is 850. The number of amides is 1. The van der Waals surface area contributed by atoms with Crippen LogP contribution in [-0.4, -0.2) is 38.3 Å². The van der Waals surface area contributed by atoms with Crippen LogP contribution in [0.5, 0.6) is 17.2 Å². The van der Waals surface area contributed by atoms with Crippen LogP contribution in [-0.2, 0) is 9.53 Å². The molecule has 0 radical (unpaired) electrons. The monoisotopic (exact) mass is 429 g/mol. The fourth-order valence-corrected chi connectivity index (χ4v) is 3.04. The van der Waals surface area contributed by atoms with Crippen LogP contribution in [0.1, 0.15) is 56.1 Å². The maximum atomic E-state index is 13.0. The van der Waals surface area contributed by atoms with Gasteiger partial charge in [0.1, 0.15) is 5.75 Å². The minimum Gasteiger partial charge on any atom is -0.494 e. The summed E-state index contributed by atoms with van der Waals surface area (Å²) in [5.74, 6) is 1.09. The highest BCUT2D eigenvalue weighted by Gasteiger charge is 2.21. The second kappa shape index (κ2) is 12.5. The van der Waals surface area contributed by atoms with E-state index in [1.54, 1.807) is 25.1 Å². The molecule has 0 aliphatic carbocycles.